The van der Waals surface area contributed by atoms with Crippen molar-refractivity contribution >= 4 is 62.1 Å². The summed E-state index contributed by atoms with van der Waals surface area (Å²) in [6.45, 7) is 2.85. The number of carbonyl (C=O) groups excluding carboxylic acids is 2. The Balaban J connectivity index is 0.00000341. The number of nitrogens with one attached hydrogen (secondary N) is 4. The van der Waals surface area contributed by atoms with E-state index in [4.69, 9.17) is 10.8 Å². The Kier molecular flexibility index (Phi) is 17.1. The minimum Gasteiger partial charge on any atom is -0.338 e. The molecule has 10 nitrogen and oxygen atoms in total. The average Bonchev–Trinajstić information content (AvgIpc) is 3.68. The maximum absolute atomic E-state index is 13.3. The van der Waals surface area contributed by atoms with Crippen molar-refractivity contribution in [2.75, 3.05) is 49.9 Å². The van der Waals surface area contributed by atoms with Crippen molar-refractivity contribution in [1.29, 1.82) is 10.8 Å². The number of anilines is 2. The van der Waals surface area contributed by atoms with Crippen molar-refractivity contribution in [2.45, 2.75) is 50.6 Å². The summed E-state index contributed by atoms with van der Waals surface area (Å²) in [6.07, 6.45) is 5.32. The molecule has 5 aromatic carbocycles. The topological polar surface area (TPSA) is 119 Å². The Bertz CT molecular complexity index is 1960. The summed E-state index contributed by atoms with van der Waals surface area (Å²) in [5, 5.41) is 24.1. The summed E-state index contributed by atoms with van der Waals surface area (Å²) in [4.78, 5) is 34.7. The number of carbonyl (C=O) groups is 2. The zero-order chi connectivity index (χ0) is 40.1. The minimum absolute atomic E-state index is 0. The predicted molar refractivity (Wildman–Crippen MR) is 254 cm³/mol. The lowest BCUT2D eigenvalue weighted by atomic mass is 10.0. The molecule has 2 heterocycles. The molecule has 0 saturated carbocycles. The van der Waals surface area contributed by atoms with E-state index in [9.17, 15) is 9.59 Å². The molecule has 5 aromatic rings. The lowest BCUT2D eigenvalue weighted by Crippen LogP contribution is -2.39. The summed E-state index contributed by atoms with van der Waals surface area (Å²) in [7, 11) is 0. The zero-order valence-electron chi connectivity index (χ0n) is 34.1. The van der Waals surface area contributed by atoms with Gasteiger partial charge in [-0.2, -0.15) is 27.0 Å². The van der Waals surface area contributed by atoms with Crippen molar-refractivity contribution in [1.82, 2.24) is 19.6 Å². The van der Waals surface area contributed by atoms with Crippen LogP contribution >= 0.6 is 27.0 Å². The summed E-state index contributed by atoms with van der Waals surface area (Å²) in [5.41, 5.74) is 6.23. The van der Waals surface area contributed by atoms with Gasteiger partial charge in [-0.15, -0.1) is 0 Å². The van der Waals surface area contributed by atoms with Crippen LogP contribution in [-0.4, -0.2) is 94.7 Å². The van der Waals surface area contributed by atoms with Gasteiger partial charge in [0.25, 0.3) is 0 Å². The van der Waals surface area contributed by atoms with Crippen LogP contribution < -0.4 is 10.6 Å². The molecule has 0 radical (unpaired) electrons. The number of aryl methyl sites for hydroxylation is 2. The van der Waals surface area contributed by atoms with Gasteiger partial charge in [0, 0.05) is 37.6 Å². The van der Waals surface area contributed by atoms with Crippen LogP contribution in [0.5, 0.6) is 0 Å². The highest BCUT2D eigenvalue weighted by atomic mass is 32.1. The van der Waals surface area contributed by atoms with Gasteiger partial charge >= 0.3 is 0 Å². The number of benzene rings is 5. The lowest BCUT2D eigenvalue weighted by Gasteiger charge is -2.25. The molecule has 2 aliphatic heterocycles. The monoisotopic (exact) mass is 842 g/mol. The second-order valence-electron chi connectivity index (χ2n) is 15.3. The SMILES string of the molecule is N=C1N(CC(=O)Nc2ccc(NC(=O)CN3C[C@H](Cc4ccccc4)N(CCCc4ccccc4)C3=N)cc2)C[C@H](Cc2ccccc2)N1CCCc1ccccc1.S.S. The highest BCUT2D eigenvalue weighted by molar-refractivity contribution is 7.59. The molecule has 314 valence electrons. The van der Waals surface area contributed by atoms with Gasteiger partial charge in [-0.05, 0) is 85.0 Å². The molecule has 2 fully saturated rings. The van der Waals surface area contributed by atoms with E-state index in [-0.39, 0.29) is 64.0 Å². The van der Waals surface area contributed by atoms with E-state index in [2.05, 4.69) is 93.2 Å². The predicted octanol–water partition coefficient (Wildman–Crippen LogP) is 7.38. The van der Waals surface area contributed by atoms with E-state index >= 15 is 0 Å². The molecule has 2 atom stereocenters. The van der Waals surface area contributed by atoms with Crippen LogP contribution in [0.25, 0.3) is 0 Å². The molecule has 12 heteroatoms. The Labute approximate surface area is 368 Å². The van der Waals surface area contributed by atoms with Gasteiger partial charge in [-0.25, -0.2) is 0 Å². The lowest BCUT2D eigenvalue weighted by molar-refractivity contribution is -0.117. The second kappa shape index (κ2) is 22.6. The Morgan fingerprint density at radius 2 is 0.800 bits per heavy atom. The van der Waals surface area contributed by atoms with Crippen LogP contribution in [0.4, 0.5) is 11.4 Å². The molecule has 0 bridgehead atoms. The number of amides is 2. The van der Waals surface area contributed by atoms with E-state index in [1.165, 1.54) is 22.3 Å². The van der Waals surface area contributed by atoms with E-state index in [1.807, 2.05) is 58.3 Å². The molecule has 0 aromatic heterocycles. The van der Waals surface area contributed by atoms with Crippen LogP contribution in [-0.2, 0) is 35.3 Å². The highest BCUT2D eigenvalue weighted by Gasteiger charge is 2.36. The van der Waals surface area contributed by atoms with Gasteiger partial charge in [-0.3, -0.25) is 20.4 Å². The molecular formula is C48H58N8O2S2. The van der Waals surface area contributed by atoms with Crippen molar-refractivity contribution < 1.29 is 9.59 Å². The number of hydrogen-bond acceptors (Lipinski definition) is 4. The highest BCUT2D eigenvalue weighted by Crippen LogP contribution is 2.23. The first kappa shape index (κ1) is 45.4. The van der Waals surface area contributed by atoms with Crippen molar-refractivity contribution in [3.05, 3.63) is 168 Å². The molecule has 2 saturated heterocycles. The number of guanidine groups is 2. The normalized spacial score (nSPS) is 16.0. The Hall–Kier alpha value is -5.72. The first-order valence-electron chi connectivity index (χ1n) is 20.4. The standard InChI is InChI=1S/C48H54N8O2.2H2S/c49-47-53(33-43(31-39-19-9-3-10-20-39)55(47)29-13-23-37-15-5-1-6-16-37)35-45(57)51-41-25-27-42(28-26-41)52-46(58)36-54-34-44(32-40-21-11-4-12-22-40)56(48(54)50)30-14-24-38-17-7-2-8-18-38;;/h1-12,15-22,25-28,43-44,49-50H,13-14,23-24,29-36H2,(H,51,57)(H,52,58);2*1H2/t43-,44-;;/m0../s1. The Morgan fingerprint density at radius 3 is 1.13 bits per heavy atom. The fraction of sp³-hybridized carbons (Fsp3) is 0.292. The zero-order valence-corrected chi connectivity index (χ0v) is 36.1. The third-order valence-electron chi connectivity index (χ3n) is 11.1. The largest absolute Gasteiger partial charge is 0.338 e. The molecule has 0 spiro atoms. The van der Waals surface area contributed by atoms with E-state index < -0.39 is 0 Å². The maximum atomic E-state index is 13.3. The molecule has 0 aliphatic carbocycles. The summed E-state index contributed by atoms with van der Waals surface area (Å²) in [5.74, 6) is 0.374. The van der Waals surface area contributed by atoms with Crippen LogP contribution in [0.15, 0.2) is 146 Å². The Morgan fingerprint density at radius 1 is 0.483 bits per heavy atom. The molecule has 0 unspecified atom stereocenters. The molecule has 4 N–H and O–H groups in total. The van der Waals surface area contributed by atoms with Gasteiger partial charge < -0.3 is 30.2 Å². The number of hydrogen-bond donors (Lipinski definition) is 4. The first-order valence-corrected chi connectivity index (χ1v) is 20.4. The maximum Gasteiger partial charge on any atom is 0.244 e. The molecule has 7 rings (SSSR count). The fourth-order valence-electron chi connectivity index (χ4n) is 8.15. The van der Waals surface area contributed by atoms with Gasteiger partial charge in [0.15, 0.2) is 11.9 Å². The first-order chi connectivity index (χ1) is 28.4. The third-order valence-corrected chi connectivity index (χ3v) is 11.1. The molecular weight excluding hydrogens is 785 g/mol. The van der Waals surface area contributed by atoms with E-state index in [1.54, 1.807) is 24.3 Å². The van der Waals surface area contributed by atoms with Crippen molar-refractivity contribution in [2.24, 2.45) is 0 Å². The molecule has 2 amide bonds. The smallest absolute Gasteiger partial charge is 0.244 e. The third kappa shape index (κ3) is 12.6. The van der Waals surface area contributed by atoms with E-state index in [0.717, 1.165) is 51.6 Å². The van der Waals surface area contributed by atoms with Gasteiger partial charge in [-0.1, -0.05) is 121 Å². The average molecular weight is 843 g/mol. The van der Waals surface area contributed by atoms with Crippen molar-refractivity contribution in [3.8, 4) is 0 Å². The summed E-state index contributed by atoms with van der Waals surface area (Å²) >= 11 is 0. The molecule has 60 heavy (non-hydrogen) atoms. The van der Waals surface area contributed by atoms with Crippen LogP contribution in [0.2, 0.25) is 0 Å². The summed E-state index contributed by atoms with van der Waals surface area (Å²) in [6, 6.07) is 48.8. The second-order valence-corrected chi connectivity index (χ2v) is 15.3. The van der Waals surface area contributed by atoms with Crippen LogP contribution in [0, 0.1) is 10.8 Å². The van der Waals surface area contributed by atoms with E-state index in [0.29, 0.717) is 36.4 Å². The number of rotatable bonds is 18. The van der Waals surface area contributed by atoms with Crippen LogP contribution in [0.1, 0.15) is 35.1 Å². The van der Waals surface area contributed by atoms with Gasteiger partial charge in [0.05, 0.1) is 12.1 Å². The van der Waals surface area contributed by atoms with Crippen LogP contribution in [0.3, 0.4) is 0 Å². The quantitative estimate of drug-likeness (QED) is 0.0732. The van der Waals surface area contributed by atoms with Gasteiger partial charge in [0.2, 0.25) is 11.8 Å². The number of nitrogens with zero attached hydrogens (tertiary/aromatic N) is 4. The fourth-order valence-corrected chi connectivity index (χ4v) is 8.15. The van der Waals surface area contributed by atoms with Crippen molar-refractivity contribution in [3.63, 3.8) is 0 Å². The van der Waals surface area contributed by atoms with Gasteiger partial charge in [0.1, 0.15) is 13.1 Å². The minimum atomic E-state index is -0.197. The molecule has 2 aliphatic rings. The summed E-state index contributed by atoms with van der Waals surface area (Å²) < 4.78 is 0.